The van der Waals surface area contributed by atoms with Gasteiger partial charge in [-0.25, -0.2) is 0 Å². The molecule has 0 bridgehead atoms. The van der Waals surface area contributed by atoms with Gasteiger partial charge in [-0.05, 0) is 31.5 Å². The lowest BCUT2D eigenvalue weighted by molar-refractivity contribution is 0.302. The van der Waals surface area contributed by atoms with Crippen LogP contribution < -0.4 is 10.6 Å². The van der Waals surface area contributed by atoms with Gasteiger partial charge in [0.25, 0.3) is 0 Å². The Hall–Kier alpha value is -0.770. The zero-order chi connectivity index (χ0) is 12.1. The lowest BCUT2D eigenvalue weighted by Gasteiger charge is -2.23. The molecule has 0 spiro atoms. The van der Waals surface area contributed by atoms with Gasteiger partial charge in [-0.1, -0.05) is 17.7 Å². The maximum Gasteiger partial charge on any atom is 0.0642 e. The first-order chi connectivity index (χ1) is 7.60. The molecule has 3 N–H and O–H groups in total. The van der Waals surface area contributed by atoms with Crippen molar-refractivity contribution < 1.29 is 5.11 Å². The second-order valence-corrected chi connectivity index (χ2v) is 4.21. The van der Waals surface area contributed by atoms with Gasteiger partial charge in [0.15, 0.2) is 0 Å². The highest BCUT2D eigenvalue weighted by atomic mass is 35.5. The summed E-state index contributed by atoms with van der Waals surface area (Å²) in [5.41, 5.74) is 7.76. The quantitative estimate of drug-likeness (QED) is 0.832. The van der Waals surface area contributed by atoms with Crippen molar-refractivity contribution >= 4 is 17.3 Å². The molecule has 4 heteroatoms. The Balaban J connectivity index is 2.96. The number of hydrogen-bond donors (Lipinski definition) is 2. The van der Waals surface area contributed by atoms with E-state index >= 15 is 0 Å². The molecule has 1 rings (SSSR count). The summed E-state index contributed by atoms with van der Waals surface area (Å²) in [4.78, 5) is 2.04. The highest BCUT2D eigenvalue weighted by molar-refractivity contribution is 6.33. The Kier molecular flexibility index (Phi) is 5.06. The first-order valence-corrected chi connectivity index (χ1v) is 5.88. The Morgan fingerprint density at radius 1 is 1.50 bits per heavy atom. The van der Waals surface area contributed by atoms with Gasteiger partial charge in [-0.2, -0.15) is 0 Å². The summed E-state index contributed by atoms with van der Waals surface area (Å²) < 4.78 is 0. The van der Waals surface area contributed by atoms with E-state index in [-0.39, 0.29) is 12.6 Å². The third kappa shape index (κ3) is 3.11. The number of hydrogen-bond acceptors (Lipinski definition) is 3. The van der Waals surface area contributed by atoms with Crippen LogP contribution in [0.3, 0.4) is 0 Å². The Bertz CT molecular complexity index is 342. The van der Waals surface area contributed by atoms with E-state index in [9.17, 15) is 0 Å². The van der Waals surface area contributed by atoms with Gasteiger partial charge >= 0.3 is 0 Å². The first-order valence-electron chi connectivity index (χ1n) is 5.51. The number of benzene rings is 1. The summed E-state index contributed by atoms with van der Waals surface area (Å²) in [6.45, 7) is 5.49. The topological polar surface area (TPSA) is 49.5 Å². The molecule has 0 amide bonds. The second kappa shape index (κ2) is 6.09. The monoisotopic (exact) mass is 242 g/mol. The molecule has 0 saturated carbocycles. The van der Waals surface area contributed by atoms with Gasteiger partial charge < -0.3 is 15.7 Å². The van der Waals surface area contributed by atoms with E-state index in [1.54, 1.807) is 0 Å². The second-order valence-electron chi connectivity index (χ2n) is 3.80. The molecule has 1 aromatic rings. The van der Waals surface area contributed by atoms with Crippen LogP contribution in [-0.4, -0.2) is 24.8 Å². The standard InChI is InChI=1S/C12H19ClN2O/c1-3-15(6-7-16)12-5-4-10(9(2)14)8-11(12)13/h4-5,8-9,16H,3,6-7,14H2,1-2H3/t9-/m1/s1. The van der Waals surface area contributed by atoms with E-state index in [0.29, 0.717) is 11.6 Å². The summed E-state index contributed by atoms with van der Waals surface area (Å²) in [5, 5.41) is 9.64. The van der Waals surface area contributed by atoms with Gasteiger partial charge in [0.1, 0.15) is 0 Å². The third-order valence-electron chi connectivity index (χ3n) is 2.59. The Morgan fingerprint density at radius 2 is 2.19 bits per heavy atom. The maximum atomic E-state index is 8.96. The normalized spacial score (nSPS) is 12.6. The first kappa shape index (κ1) is 13.3. The molecule has 3 nitrogen and oxygen atoms in total. The van der Waals surface area contributed by atoms with Crippen LogP contribution >= 0.6 is 11.6 Å². The van der Waals surface area contributed by atoms with Crippen molar-refractivity contribution in [2.45, 2.75) is 19.9 Å². The highest BCUT2D eigenvalue weighted by Gasteiger charge is 2.09. The number of nitrogens with two attached hydrogens (primary N) is 1. The smallest absolute Gasteiger partial charge is 0.0642 e. The van der Waals surface area contributed by atoms with Gasteiger partial charge in [-0.15, -0.1) is 0 Å². The van der Waals surface area contributed by atoms with Crippen molar-refractivity contribution in [3.63, 3.8) is 0 Å². The number of aliphatic hydroxyl groups excluding tert-OH is 1. The molecule has 0 aliphatic carbocycles. The predicted molar refractivity (Wildman–Crippen MR) is 69.0 cm³/mol. The fourth-order valence-electron chi connectivity index (χ4n) is 1.63. The van der Waals surface area contributed by atoms with Crippen molar-refractivity contribution in [1.82, 2.24) is 0 Å². The molecule has 90 valence electrons. The van der Waals surface area contributed by atoms with Crippen LogP contribution in [0.25, 0.3) is 0 Å². The average molecular weight is 243 g/mol. The summed E-state index contributed by atoms with van der Waals surface area (Å²) in [6, 6.07) is 5.81. The molecular formula is C12H19ClN2O. The lowest BCUT2D eigenvalue weighted by atomic mass is 10.1. The van der Waals surface area contributed by atoms with E-state index in [4.69, 9.17) is 22.4 Å². The largest absolute Gasteiger partial charge is 0.395 e. The van der Waals surface area contributed by atoms with Crippen molar-refractivity contribution in [1.29, 1.82) is 0 Å². The van der Waals surface area contributed by atoms with Gasteiger partial charge in [0, 0.05) is 19.1 Å². The maximum absolute atomic E-state index is 8.96. The van der Waals surface area contributed by atoms with Crippen molar-refractivity contribution in [3.05, 3.63) is 28.8 Å². The summed E-state index contributed by atoms with van der Waals surface area (Å²) in [5.74, 6) is 0. The minimum atomic E-state index is -0.0144. The Labute approximate surface area is 102 Å². The number of nitrogens with zero attached hydrogens (tertiary/aromatic N) is 1. The molecule has 0 aromatic heterocycles. The Morgan fingerprint density at radius 3 is 2.62 bits per heavy atom. The van der Waals surface area contributed by atoms with Crippen LogP contribution in [0.4, 0.5) is 5.69 Å². The molecule has 1 aromatic carbocycles. The molecular weight excluding hydrogens is 224 g/mol. The van der Waals surface area contributed by atoms with E-state index < -0.39 is 0 Å². The van der Waals surface area contributed by atoms with Crippen molar-refractivity contribution in [2.24, 2.45) is 5.73 Å². The molecule has 0 saturated heterocycles. The number of rotatable bonds is 5. The SMILES string of the molecule is CCN(CCO)c1ccc([C@@H](C)N)cc1Cl. The van der Waals surface area contributed by atoms with Crippen LogP contribution in [0.1, 0.15) is 25.5 Å². The average Bonchev–Trinajstić information content (AvgIpc) is 2.26. The van der Waals surface area contributed by atoms with Crippen LogP contribution in [0.15, 0.2) is 18.2 Å². The zero-order valence-electron chi connectivity index (χ0n) is 9.78. The van der Waals surface area contributed by atoms with Gasteiger partial charge in [0.05, 0.1) is 17.3 Å². The fraction of sp³-hybridized carbons (Fsp3) is 0.500. The summed E-state index contributed by atoms with van der Waals surface area (Å²) in [7, 11) is 0. The molecule has 0 aliphatic rings. The molecule has 0 aliphatic heterocycles. The molecule has 16 heavy (non-hydrogen) atoms. The third-order valence-corrected chi connectivity index (χ3v) is 2.89. The van der Waals surface area contributed by atoms with E-state index in [1.807, 2.05) is 36.9 Å². The number of halogens is 1. The molecule has 0 unspecified atom stereocenters. The fourth-order valence-corrected chi connectivity index (χ4v) is 1.94. The molecule has 0 fully saturated rings. The summed E-state index contributed by atoms with van der Waals surface area (Å²) >= 11 is 6.20. The van der Waals surface area contributed by atoms with Crippen molar-refractivity contribution in [2.75, 3.05) is 24.6 Å². The highest BCUT2D eigenvalue weighted by Crippen LogP contribution is 2.28. The van der Waals surface area contributed by atoms with Crippen LogP contribution in [0.5, 0.6) is 0 Å². The van der Waals surface area contributed by atoms with Crippen LogP contribution in [-0.2, 0) is 0 Å². The minimum Gasteiger partial charge on any atom is -0.395 e. The van der Waals surface area contributed by atoms with Crippen LogP contribution in [0.2, 0.25) is 5.02 Å². The number of anilines is 1. The lowest BCUT2D eigenvalue weighted by Crippen LogP contribution is -2.26. The van der Waals surface area contributed by atoms with Gasteiger partial charge in [-0.3, -0.25) is 0 Å². The number of likely N-dealkylation sites (N-methyl/N-ethyl adjacent to an activating group) is 1. The van der Waals surface area contributed by atoms with Gasteiger partial charge in [0.2, 0.25) is 0 Å². The van der Waals surface area contributed by atoms with E-state index in [0.717, 1.165) is 17.8 Å². The minimum absolute atomic E-state index is 0.0144. The number of aliphatic hydroxyl groups is 1. The van der Waals surface area contributed by atoms with E-state index in [2.05, 4.69) is 0 Å². The van der Waals surface area contributed by atoms with E-state index in [1.165, 1.54) is 0 Å². The molecule has 0 heterocycles. The summed E-state index contributed by atoms with van der Waals surface area (Å²) in [6.07, 6.45) is 0. The van der Waals surface area contributed by atoms with Crippen LogP contribution in [0, 0.1) is 0 Å². The molecule has 1 atom stereocenters. The van der Waals surface area contributed by atoms with Crippen molar-refractivity contribution in [3.8, 4) is 0 Å². The predicted octanol–water partition coefficient (Wildman–Crippen LogP) is 2.18. The molecule has 0 radical (unpaired) electrons. The zero-order valence-corrected chi connectivity index (χ0v) is 10.5.